The van der Waals surface area contributed by atoms with Crippen molar-refractivity contribution in [3.05, 3.63) is 180 Å². The van der Waals surface area contributed by atoms with E-state index in [9.17, 15) is 10.5 Å². The lowest BCUT2D eigenvalue weighted by atomic mass is 9.85. The summed E-state index contributed by atoms with van der Waals surface area (Å²) in [6, 6.07) is 58.1. The van der Waals surface area contributed by atoms with Crippen molar-refractivity contribution in [3.63, 3.8) is 0 Å². The molecule has 4 heteroatoms. The van der Waals surface area contributed by atoms with E-state index in [1.807, 2.05) is 59.2 Å². The van der Waals surface area contributed by atoms with Gasteiger partial charge in [0.05, 0.1) is 46.6 Å². The normalized spacial score (nSPS) is 11.1. The fourth-order valence-electron chi connectivity index (χ4n) is 7.70. The molecule has 0 fully saturated rings. The summed E-state index contributed by atoms with van der Waals surface area (Å²) in [4.78, 5) is 3.95. The van der Waals surface area contributed by atoms with Crippen molar-refractivity contribution >= 4 is 49.0 Å². The van der Waals surface area contributed by atoms with Crippen molar-refractivity contribution in [3.8, 4) is 51.2 Å². The quantitative estimate of drug-likeness (QED) is 0.141. The highest BCUT2D eigenvalue weighted by Crippen LogP contribution is 2.45. The van der Waals surface area contributed by atoms with Crippen LogP contribution in [0, 0.1) is 29.2 Å². The van der Waals surface area contributed by atoms with Crippen LogP contribution in [0.2, 0.25) is 0 Å². The SMILES string of the molecule is [C-]#[N+]c1c(-c2ccc(-c3c4ccccc4c(-c4ccccc4)c4ccccc34)cc2)ccc(-n2c3ccccc3c3cc(C#N)ccc32)c1C#N. The van der Waals surface area contributed by atoms with Crippen molar-refractivity contribution in [2.24, 2.45) is 0 Å². The molecule has 234 valence electrons. The summed E-state index contributed by atoms with van der Waals surface area (Å²) in [5.41, 5.74) is 9.83. The van der Waals surface area contributed by atoms with Crippen LogP contribution in [0.4, 0.5) is 5.69 Å². The second-order valence-electron chi connectivity index (χ2n) is 12.6. The van der Waals surface area contributed by atoms with Gasteiger partial charge < -0.3 is 4.57 Å². The molecule has 0 aliphatic heterocycles. The molecule has 4 nitrogen and oxygen atoms in total. The maximum Gasteiger partial charge on any atom is 0.214 e. The Morgan fingerprint density at radius 2 is 1.00 bits per heavy atom. The highest BCUT2D eigenvalue weighted by molar-refractivity contribution is 6.21. The number of hydrogen-bond donors (Lipinski definition) is 0. The van der Waals surface area contributed by atoms with E-state index in [2.05, 4.69) is 114 Å². The van der Waals surface area contributed by atoms with Gasteiger partial charge in [0, 0.05) is 10.8 Å². The summed E-state index contributed by atoms with van der Waals surface area (Å²) >= 11 is 0. The molecule has 0 spiro atoms. The third-order valence-electron chi connectivity index (χ3n) is 9.90. The van der Waals surface area contributed by atoms with Crippen molar-refractivity contribution in [2.75, 3.05) is 0 Å². The largest absolute Gasteiger partial charge is 0.309 e. The predicted molar refractivity (Wildman–Crippen MR) is 208 cm³/mol. The Morgan fingerprint density at radius 3 is 1.59 bits per heavy atom. The molecule has 51 heavy (non-hydrogen) atoms. The van der Waals surface area contributed by atoms with Crippen molar-refractivity contribution in [1.82, 2.24) is 4.57 Å². The summed E-state index contributed by atoms with van der Waals surface area (Å²) in [7, 11) is 0. The van der Waals surface area contributed by atoms with Crippen LogP contribution in [0.5, 0.6) is 0 Å². The molecule has 0 radical (unpaired) electrons. The van der Waals surface area contributed by atoms with Crippen LogP contribution < -0.4 is 0 Å². The number of benzene rings is 8. The fraction of sp³-hybridized carbons (Fsp3) is 0. The van der Waals surface area contributed by atoms with Crippen LogP contribution in [-0.4, -0.2) is 4.57 Å². The van der Waals surface area contributed by atoms with Gasteiger partial charge in [0.1, 0.15) is 0 Å². The molecule has 0 saturated heterocycles. The first-order chi connectivity index (χ1) is 25.2. The highest BCUT2D eigenvalue weighted by atomic mass is 15.0. The van der Waals surface area contributed by atoms with E-state index in [-0.39, 0.29) is 0 Å². The summed E-state index contributed by atoms with van der Waals surface area (Å²) in [5.74, 6) is 0. The van der Waals surface area contributed by atoms with Crippen molar-refractivity contribution in [2.45, 2.75) is 0 Å². The maximum atomic E-state index is 10.6. The lowest BCUT2D eigenvalue weighted by Gasteiger charge is -2.18. The Bertz CT molecular complexity index is 2930. The Morgan fingerprint density at radius 1 is 0.471 bits per heavy atom. The Kier molecular flexibility index (Phi) is 6.93. The van der Waals surface area contributed by atoms with Gasteiger partial charge in [-0.1, -0.05) is 127 Å². The van der Waals surface area contributed by atoms with Gasteiger partial charge in [-0.2, -0.15) is 10.5 Å². The van der Waals surface area contributed by atoms with Crippen LogP contribution in [0.25, 0.3) is 87.3 Å². The second kappa shape index (κ2) is 11.9. The van der Waals surface area contributed by atoms with E-state index < -0.39 is 0 Å². The summed E-state index contributed by atoms with van der Waals surface area (Å²) < 4.78 is 2.03. The number of hydrogen-bond acceptors (Lipinski definition) is 2. The molecule has 9 aromatic rings. The van der Waals surface area contributed by atoms with E-state index in [0.717, 1.165) is 38.5 Å². The zero-order valence-corrected chi connectivity index (χ0v) is 27.3. The van der Waals surface area contributed by atoms with Gasteiger partial charge in [-0.3, -0.25) is 0 Å². The Balaban J connectivity index is 1.21. The second-order valence-corrected chi connectivity index (χ2v) is 12.6. The molecule has 0 bridgehead atoms. The third-order valence-corrected chi connectivity index (χ3v) is 9.90. The first kappa shape index (κ1) is 29.7. The first-order valence-electron chi connectivity index (χ1n) is 16.7. The topological polar surface area (TPSA) is 56.9 Å². The number of para-hydroxylation sites is 1. The summed E-state index contributed by atoms with van der Waals surface area (Å²) in [6.45, 7) is 8.26. The third kappa shape index (κ3) is 4.58. The Labute approximate surface area is 294 Å². The zero-order valence-electron chi connectivity index (χ0n) is 27.3. The molecule has 8 aromatic carbocycles. The Hall–Kier alpha value is -7.45. The number of nitrogens with zero attached hydrogens (tertiary/aromatic N) is 4. The van der Waals surface area contributed by atoms with E-state index in [1.54, 1.807) is 6.07 Å². The molecule has 0 aliphatic carbocycles. The lowest BCUT2D eigenvalue weighted by Crippen LogP contribution is -1.99. The van der Waals surface area contributed by atoms with Gasteiger partial charge in [-0.25, -0.2) is 4.85 Å². The molecular formula is C47H26N4. The molecule has 1 heterocycles. The van der Waals surface area contributed by atoms with Gasteiger partial charge in [0.25, 0.3) is 0 Å². The van der Waals surface area contributed by atoms with Gasteiger partial charge >= 0.3 is 0 Å². The van der Waals surface area contributed by atoms with E-state index in [0.29, 0.717) is 28.1 Å². The van der Waals surface area contributed by atoms with Crippen LogP contribution in [-0.2, 0) is 0 Å². The zero-order chi connectivity index (χ0) is 34.5. The number of aromatic nitrogens is 1. The standard InChI is InChI=1S/C47H26N4/c1-50-47-34(24-26-44(41(47)29-49)51-42-18-10-9-13-35(42)40-27-30(28-48)19-25-43(40)51)31-20-22-33(23-21-31)46-38-16-7-5-14-36(38)45(32-11-3-2-4-12-32)37-15-6-8-17-39(37)46/h2-27H. The van der Waals surface area contributed by atoms with Crippen molar-refractivity contribution < 1.29 is 0 Å². The fourth-order valence-corrected chi connectivity index (χ4v) is 7.70. The molecule has 0 atom stereocenters. The molecule has 9 rings (SSSR count). The minimum absolute atomic E-state index is 0.311. The molecule has 0 unspecified atom stereocenters. The number of rotatable bonds is 4. The number of fused-ring (bicyclic) bond motifs is 5. The maximum absolute atomic E-state index is 10.6. The smallest absolute Gasteiger partial charge is 0.214 e. The molecular weight excluding hydrogens is 621 g/mol. The van der Waals surface area contributed by atoms with Crippen molar-refractivity contribution in [1.29, 1.82) is 10.5 Å². The predicted octanol–water partition coefficient (Wildman–Crippen LogP) is 12.4. The van der Waals surface area contributed by atoms with Crippen LogP contribution in [0.3, 0.4) is 0 Å². The van der Waals surface area contributed by atoms with Gasteiger partial charge in [0.2, 0.25) is 5.69 Å². The van der Waals surface area contributed by atoms with Crippen LogP contribution >= 0.6 is 0 Å². The highest BCUT2D eigenvalue weighted by Gasteiger charge is 2.21. The minimum Gasteiger partial charge on any atom is -0.309 e. The molecule has 1 aromatic heterocycles. The van der Waals surface area contributed by atoms with Crippen LogP contribution in [0.1, 0.15) is 11.1 Å². The van der Waals surface area contributed by atoms with E-state index >= 15 is 0 Å². The molecule has 0 amide bonds. The van der Waals surface area contributed by atoms with Gasteiger partial charge in [-0.15, -0.1) is 0 Å². The lowest BCUT2D eigenvalue weighted by molar-refractivity contribution is 1.17. The number of nitriles is 2. The van der Waals surface area contributed by atoms with Gasteiger partial charge in [-0.05, 0) is 85.3 Å². The monoisotopic (exact) mass is 646 g/mol. The average Bonchev–Trinajstić information content (AvgIpc) is 3.53. The van der Waals surface area contributed by atoms with E-state index in [4.69, 9.17) is 6.57 Å². The minimum atomic E-state index is 0.311. The van der Waals surface area contributed by atoms with E-state index in [1.165, 1.54) is 32.7 Å². The molecule has 0 aliphatic rings. The van der Waals surface area contributed by atoms with Gasteiger partial charge in [0.15, 0.2) is 0 Å². The molecule has 0 saturated carbocycles. The molecule has 0 N–H and O–H groups in total. The van der Waals surface area contributed by atoms with Crippen LogP contribution in [0.15, 0.2) is 158 Å². The summed E-state index contributed by atoms with van der Waals surface area (Å²) in [5, 5.41) is 26.8. The summed E-state index contributed by atoms with van der Waals surface area (Å²) in [6.07, 6.45) is 0. The average molecular weight is 647 g/mol. The first-order valence-corrected chi connectivity index (χ1v) is 16.7.